The van der Waals surface area contributed by atoms with Gasteiger partial charge in [-0.3, -0.25) is 4.79 Å². The van der Waals surface area contributed by atoms with E-state index in [9.17, 15) is 4.79 Å². The van der Waals surface area contributed by atoms with Crippen molar-refractivity contribution in [3.05, 3.63) is 59.7 Å². The highest BCUT2D eigenvalue weighted by Crippen LogP contribution is 2.34. The van der Waals surface area contributed by atoms with Gasteiger partial charge in [0.05, 0.1) is 18.8 Å². The van der Waals surface area contributed by atoms with Gasteiger partial charge in [0.25, 0.3) is 5.91 Å². The number of nitrogens with zero attached hydrogens (tertiary/aromatic N) is 1. The van der Waals surface area contributed by atoms with E-state index < -0.39 is 0 Å². The molecule has 0 radical (unpaired) electrons. The molecule has 2 atom stereocenters. The molecule has 0 aliphatic carbocycles. The number of fused-ring (bicyclic) bond motifs is 1. The zero-order chi connectivity index (χ0) is 17.2. The van der Waals surface area contributed by atoms with E-state index in [1.165, 1.54) is 0 Å². The van der Waals surface area contributed by atoms with Crippen LogP contribution < -0.4 is 10.1 Å². The smallest absolute Gasteiger partial charge is 0.257 e. The number of carbonyl (C=O) groups is 1. The third-order valence-electron chi connectivity index (χ3n) is 4.86. The van der Waals surface area contributed by atoms with Crippen LogP contribution in [0.4, 0.5) is 5.69 Å². The number of hydrogen-bond acceptors (Lipinski definition) is 4. The molecule has 0 bridgehead atoms. The third-order valence-corrected chi connectivity index (χ3v) is 4.86. The predicted octanol–water partition coefficient (Wildman–Crippen LogP) is 3.44. The van der Waals surface area contributed by atoms with Crippen molar-refractivity contribution in [2.24, 2.45) is 0 Å². The number of carbonyl (C=O) groups excluding carboxylic acids is 1. The summed E-state index contributed by atoms with van der Waals surface area (Å²) < 4.78 is 11.1. The molecule has 0 spiro atoms. The van der Waals surface area contributed by atoms with Crippen LogP contribution in [0.15, 0.2) is 48.5 Å². The Morgan fingerprint density at radius 2 is 2.12 bits per heavy atom. The van der Waals surface area contributed by atoms with Crippen molar-refractivity contribution in [2.75, 3.05) is 25.6 Å². The van der Waals surface area contributed by atoms with E-state index in [1.807, 2.05) is 53.4 Å². The number of methoxy groups -OCH3 is 1. The Bertz CT molecular complexity index is 771. The number of para-hydroxylation sites is 1. The molecule has 2 aliphatic heterocycles. The van der Waals surface area contributed by atoms with Crippen molar-refractivity contribution in [1.82, 2.24) is 4.90 Å². The summed E-state index contributed by atoms with van der Waals surface area (Å²) in [6.07, 6.45) is 1.92. The molecule has 5 nitrogen and oxygen atoms in total. The summed E-state index contributed by atoms with van der Waals surface area (Å²) in [4.78, 5) is 15.0. The van der Waals surface area contributed by atoms with Crippen molar-refractivity contribution in [1.29, 1.82) is 0 Å². The highest BCUT2D eigenvalue weighted by Gasteiger charge is 2.35. The fourth-order valence-electron chi connectivity index (χ4n) is 3.56. The van der Waals surface area contributed by atoms with Crippen LogP contribution in [-0.4, -0.2) is 37.2 Å². The molecule has 130 valence electrons. The second-order valence-corrected chi connectivity index (χ2v) is 6.46. The van der Waals surface area contributed by atoms with Gasteiger partial charge in [-0.1, -0.05) is 24.3 Å². The number of hydrogen-bond donors (Lipinski definition) is 1. The third kappa shape index (κ3) is 3.07. The topological polar surface area (TPSA) is 50.8 Å². The molecule has 1 amide bonds. The summed E-state index contributed by atoms with van der Waals surface area (Å²) >= 11 is 0. The molecule has 0 saturated carbocycles. The maximum atomic E-state index is 13.1. The second kappa shape index (κ2) is 6.76. The van der Waals surface area contributed by atoms with Crippen LogP contribution >= 0.6 is 0 Å². The summed E-state index contributed by atoms with van der Waals surface area (Å²) in [6, 6.07) is 15.5. The monoisotopic (exact) mass is 338 g/mol. The van der Waals surface area contributed by atoms with Crippen molar-refractivity contribution < 1.29 is 14.3 Å². The van der Waals surface area contributed by atoms with Gasteiger partial charge in [0, 0.05) is 18.8 Å². The summed E-state index contributed by atoms with van der Waals surface area (Å²) in [7, 11) is 1.65. The van der Waals surface area contributed by atoms with Gasteiger partial charge in [-0.15, -0.1) is 0 Å². The van der Waals surface area contributed by atoms with Gasteiger partial charge in [0.1, 0.15) is 11.9 Å². The van der Waals surface area contributed by atoms with E-state index in [1.54, 1.807) is 7.11 Å². The molecular weight excluding hydrogens is 316 g/mol. The number of ether oxygens (including phenoxy) is 2. The largest absolute Gasteiger partial charge is 0.497 e. The van der Waals surface area contributed by atoms with Crippen molar-refractivity contribution >= 4 is 11.6 Å². The maximum Gasteiger partial charge on any atom is 0.257 e. The van der Waals surface area contributed by atoms with Crippen molar-refractivity contribution in [3.63, 3.8) is 0 Å². The van der Waals surface area contributed by atoms with Crippen molar-refractivity contribution in [3.8, 4) is 5.75 Å². The van der Waals surface area contributed by atoms with Gasteiger partial charge in [-0.2, -0.15) is 0 Å². The average molecular weight is 338 g/mol. The fourth-order valence-corrected chi connectivity index (χ4v) is 3.56. The molecule has 2 aromatic carbocycles. The minimum atomic E-state index is -0.235. The average Bonchev–Trinajstić information content (AvgIpc) is 3.17. The molecule has 1 saturated heterocycles. The minimum absolute atomic E-state index is 0.0395. The van der Waals surface area contributed by atoms with E-state index >= 15 is 0 Å². The first kappa shape index (κ1) is 16.0. The first-order chi connectivity index (χ1) is 12.3. The van der Waals surface area contributed by atoms with E-state index in [-0.39, 0.29) is 18.2 Å². The number of rotatable bonds is 4. The molecule has 2 heterocycles. The van der Waals surface area contributed by atoms with Crippen LogP contribution in [0.5, 0.6) is 5.75 Å². The second-order valence-electron chi connectivity index (χ2n) is 6.46. The predicted molar refractivity (Wildman–Crippen MR) is 95.8 cm³/mol. The van der Waals surface area contributed by atoms with Crippen LogP contribution in [0.1, 0.15) is 34.9 Å². The van der Waals surface area contributed by atoms with Crippen LogP contribution in [0.25, 0.3) is 0 Å². The molecule has 0 aromatic heterocycles. The number of nitrogens with one attached hydrogen (secondary N) is 1. The zero-order valence-electron chi connectivity index (χ0n) is 14.3. The number of amides is 1. The van der Waals surface area contributed by atoms with Crippen LogP contribution in [0, 0.1) is 0 Å². The molecule has 0 unspecified atom stereocenters. The van der Waals surface area contributed by atoms with Gasteiger partial charge in [0.15, 0.2) is 0 Å². The Balaban J connectivity index is 1.71. The molecule has 1 fully saturated rings. The van der Waals surface area contributed by atoms with Crippen LogP contribution in [0.3, 0.4) is 0 Å². The Hall–Kier alpha value is -2.53. The van der Waals surface area contributed by atoms with Gasteiger partial charge in [-0.25, -0.2) is 0 Å². The molecule has 2 aliphatic rings. The summed E-state index contributed by atoms with van der Waals surface area (Å²) in [5, 5.41) is 3.51. The molecule has 4 rings (SSSR count). The highest BCUT2D eigenvalue weighted by atomic mass is 16.5. The Morgan fingerprint density at radius 1 is 1.24 bits per heavy atom. The molecular formula is C20H22N2O3. The maximum absolute atomic E-state index is 13.1. The minimum Gasteiger partial charge on any atom is -0.497 e. The normalized spacial score (nSPS) is 22.4. The van der Waals surface area contributed by atoms with Crippen LogP contribution in [-0.2, 0) is 4.74 Å². The lowest BCUT2D eigenvalue weighted by Gasteiger charge is -2.39. The van der Waals surface area contributed by atoms with Gasteiger partial charge < -0.3 is 19.7 Å². The lowest BCUT2D eigenvalue weighted by molar-refractivity contribution is 0.0427. The first-order valence-corrected chi connectivity index (χ1v) is 8.68. The van der Waals surface area contributed by atoms with E-state index in [0.717, 1.165) is 36.4 Å². The summed E-state index contributed by atoms with van der Waals surface area (Å²) in [6.45, 7) is 1.36. The van der Waals surface area contributed by atoms with E-state index in [4.69, 9.17) is 9.47 Å². The Labute approximate surface area is 147 Å². The lowest BCUT2D eigenvalue weighted by atomic mass is 10.0. The van der Waals surface area contributed by atoms with E-state index in [0.29, 0.717) is 12.1 Å². The first-order valence-electron chi connectivity index (χ1n) is 8.68. The number of benzene rings is 2. The molecule has 25 heavy (non-hydrogen) atoms. The van der Waals surface area contributed by atoms with E-state index in [2.05, 4.69) is 5.32 Å². The molecule has 1 N–H and O–H groups in total. The quantitative estimate of drug-likeness (QED) is 0.928. The highest BCUT2D eigenvalue weighted by molar-refractivity contribution is 6.01. The van der Waals surface area contributed by atoms with Crippen molar-refractivity contribution in [2.45, 2.75) is 25.1 Å². The standard InChI is InChI=1S/C20H22N2O3/c1-24-15-7-4-6-14(12-15)19-21-18-10-3-2-9-17(18)20(23)22(19)13-16-8-5-11-25-16/h2-4,6-7,9-10,12,16,19,21H,5,8,11,13H2,1H3/t16-,19-/m1/s1. The Kier molecular flexibility index (Phi) is 4.32. The number of anilines is 1. The summed E-state index contributed by atoms with van der Waals surface area (Å²) in [5.41, 5.74) is 2.57. The van der Waals surface area contributed by atoms with Gasteiger partial charge >= 0.3 is 0 Å². The molecule has 2 aromatic rings. The Morgan fingerprint density at radius 3 is 2.92 bits per heavy atom. The SMILES string of the molecule is COc1cccc([C@@H]2Nc3ccccc3C(=O)N2C[C@H]2CCCO2)c1. The van der Waals surface area contributed by atoms with Crippen LogP contribution in [0.2, 0.25) is 0 Å². The molecule has 5 heteroatoms. The zero-order valence-corrected chi connectivity index (χ0v) is 14.3. The summed E-state index contributed by atoms with van der Waals surface area (Å²) in [5.74, 6) is 0.820. The fraction of sp³-hybridized carbons (Fsp3) is 0.350. The lowest BCUT2D eigenvalue weighted by Crippen LogP contribution is -2.46. The van der Waals surface area contributed by atoms with Gasteiger partial charge in [-0.05, 0) is 42.7 Å². The van der Waals surface area contributed by atoms with Gasteiger partial charge in [0.2, 0.25) is 0 Å².